The van der Waals surface area contributed by atoms with E-state index in [2.05, 4.69) is 25.9 Å². The van der Waals surface area contributed by atoms with Crippen LogP contribution in [0.4, 0.5) is 0 Å². The first-order valence-electron chi connectivity index (χ1n) is 3.15. The lowest BCUT2D eigenvalue weighted by molar-refractivity contribution is 1.08. The summed E-state index contributed by atoms with van der Waals surface area (Å²) >= 11 is 4.98. The van der Waals surface area contributed by atoms with Crippen LogP contribution in [-0.2, 0) is 5.33 Å². The van der Waals surface area contributed by atoms with E-state index in [4.69, 9.17) is 0 Å². The molecule has 0 saturated heterocycles. The molecule has 2 rings (SSSR count). The SMILES string of the molecule is BrCc1ncc2sccc2n1. The Morgan fingerprint density at radius 3 is 3.27 bits per heavy atom. The molecule has 11 heavy (non-hydrogen) atoms. The molecule has 0 unspecified atom stereocenters. The van der Waals surface area contributed by atoms with Crippen LogP contribution in [0.25, 0.3) is 10.2 Å². The van der Waals surface area contributed by atoms with Gasteiger partial charge >= 0.3 is 0 Å². The molecule has 2 aromatic heterocycles. The Morgan fingerprint density at radius 1 is 1.55 bits per heavy atom. The van der Waals surface area contributed by atoms with E-state index in [1.54, 1.807) is 11.3 Å². The molecule has 0 N–H and O–H groups in total. The molecule has 0 fully saturated rings. The average Bonchev–Trinajstić information content (AvgIpc) is 2.50. The van der Waals surface area contributed by atoms with Gasteiger partial charge in [0.2, 0.25) is 0 Å². The molecule has 0 aliphatic heterocycles. The fraction of sp³-hybridized carbons (Fsp3) is 0.143. The quantitative estimate of drug-likeness (QED) is 0.702. The zero-order valence-corrected chi connectivity index (χ0v) is 8.02. The van der Waals surface area contributed by atoms with E-state index in [9.17, 15) is 0 Å². The summed E-state index contributed by atoms with van der Waals surface area (Å²) in [7, 11) is 0. The zero-order chi connectivity index (χ0) is 7.68. The van der Waals surface area contributed by atoms with Crippen LogP contribution in [0.15, 0.2) is 17.6 Å². The predicted octanol–water partition coefficient (Wildman–Crippen LogP) is 2.59. The lowest BCUT2D eigenvalue weighted by Crippen LogP contribution is -1.87. The van der Waals surface area contributed by atoms with Gasteiger partial charge in [-0.3, -0.25) is 0 Å². The van der Waals surface area contributed by atoms with Crippen molar-refractivity contribution in [2.24, 2.45) is 0 Å². The van der Waals surface area contributed by atoms with Crippen LogP contribution in [0, 0.1) is 0 Å². The smallest absolute Gasteiger partial charge is 0.139 e. The maximum absolute atomic E-state index is 4.31. The highest BCUT2D eigenvalue weighted by Gasteiger charge is 1.97. The number of hydrogen-bond donors (Lipinski definition) is 0. The van der Waals surface area contributed by atoms with Gasteiger partial charge in [-0.25, -0.2) is 9.97 Å². The lowest BCUT2D eigenvalue weighted by atomic mass is 10.5. The molecule has 0 atom stereocenters. The largest absolute Gasteiger partial charge is 0.239 e. The monoisotopic (exact) mass is 228 g/mol. The highest BCUT2D eigenvalue weighted by molar-refractivity contribution is 9.08. The molecule has 4 heteroatoms. The van der Waals surface area contributed by atoms with Gasteiger partial charge in [0.05, 0.1) is 15.5 Å². The molecule has 0 aliphatic carbocycles. The summed E-state index contributed by atoms with van der Waals surface area (Å²) in [5.41, 5.74) is 1.04. The summed E-state index contributed by atoms with van der Waals surface area (Å²) < 4.78 is 1.15. The number of fused-ring (bicyclic) bond motifs is 1. The third-order valence-electron chi connectivity index (χ3n) is 1.37. The zero-order valence-electron chi connectivity index (χ0n) is 5.62. The minimum absolute atomic E-state index is 0.721. The van der Waals surface area contributed by atoms with E-state index in [1.807, 2.05) is 17.6 Å². The number of alkyl halides is 1. The van der Waals surface area contributed by atoms with Gasteiger partial charge in [-0.1, -0.05) is 15.9 Å². The first kappa shape index (κ1) is 7.18. The van der Waals surface area contributed by atoms with Crippen molar-refractivity contribution < 1.29 is 0 Å². The molecular weight excluding hydrogens is 224 g/mol. The van der Waals surface area contributed by atoms with Gasteiger partial charge in [0.15, 0.2) is 0 Å². The lowest BCUT2D eigenvalue weighted by Gasteiger charge is -1.91. The minimum atomic E-state index is 0.721. The van der Waals surface area contributed by atoms with Crippen molar-refractivity contribution in [3.63, 3.8) is 0 Å². The maximum Gasteiger partial charge on any atom is 0.139 e. The van der Waals surface area contributed by atoms with Crippen LogP contribution in [0.1, 0.15) is 5.82 Å². The molecule has 0 saturated carbocycles. The second kappa shape index (κ2) is 2.87. The predicted molar refractivity (Wildman–Crippen MR) is 50.0 cm³/mol. The van der Waals surface area contributed by atoms with E-state index < -0.39 is 0 Å². The van der Waals surface area contributed by atoms with Gasteiger partial charge in [-0.05, 0) is 11.4 Å². The van der Waals surface area contributed by atoms with Crippen LogP contribution in [0.3, 0.4) is 0 Å². The van der Waals surface area contributed by atoms with Crippen LogP contribution < -0.4 is 0 Å². The van der Waals surface area contributed by atoms with E-state index in [0.717, 1.165) is 21.4 Å². The highest BCUT2D eigenvalue weighted by Crippen LogP contribution is 2.17. The van der Waals surface area contributed by atoms with Crippen LogP contribution in [-0.4, -0.2) is 9.97 Å². The van der Waals surface area contributed by atoms with Crippen LogP contribution in [0.5, 0.6) is 0 Å². The molecule has 2 heterocycles. The van der Waals surface area contributed by atoms with Crippen molar-refractivity contribution in [3.05, 3.63) is 23.5 Å². The van der Waals surface area contributed by atoms with Gasteiger partial charge in [-0.2, -0.15) is 0 Å². The normalized spacial score (nSPS) is 10.6. The summed E-state index contributed by atoms with van der Waals surface area (Å²) in [6.45, 7) is 0. The number of halogens is 1. The van der Waals surface area contributed by atoms with E-state index >= 15 is 0 Å². The van der Waals surface area contributed by atoms with Gasteiger partial charge in [0.1, 0.15) is 5.82 Å². The van der Waals surface area contributed by atoms with E-state index in [0.29, 0.717) is 0 Å². The first-order valence-corrected chi connectivity index (χ1v) is 5.15. The van der Waals surface area contributed by atoms with Crippen molar-refractivity contribution in [1.82, 2.24) is 9.97 Å². The Morgan fingerprint density at radius 2 is 2.45 bits per heavy atom. The number of hydrogen-bond acceptors (Lipinski definition) is 3. The molecule has 2 nitrogen and oxygen atoms in total. The summed E-state index contributed by atoms with van der Waals surface area (Å²) in [4.78, 5) is 8.46. The number of rotatable bonds is 1. The highest BCUT2D eigenvalue weighted by atomic mass is 79.9. The molecule has 0 radical (unpaired) electrons. The van der Waals surface area contributed by atoms with Crippen molar-refractivity contribution in [2.75, 3.05) is 0 Å². The Bertz CT molecular complexity index is 371. The molecule has 2 aromatic rings. The Kier molecular flexibility index (Phi) is 1.87. The minimum Gasteiger partial charge on any atom is -0.239 e. The average molecular weight is 229 g/mol. The van der Waals surface area contributed by atoms with Crippen LogP contribution >= 0.6 is 27.3 Å². The summed E-state index contributed by atoms with van der Waals surface area (Å²) in [6, 6.07) is 2.01. The Labute approximate surface area is 76.4 Å². The molecule has 0 bridgehead atoms. The standard InChI is InChI=1S/C7H5BrN2S/c8-3-7-9-4-6-5(10-7)1-2-11-6/h1-2,4H,3H2. The van der Waals surface area contributed by atoms with E-state index in [1.165, 1.54) is 0 Å². The number of nitrogens with zero attached hydrogens (tertiary/aromatic N) is 2. The van der Waals surface area contributed by atoms with Gasteiger partial charge in [0, 0.05) is 6.20 Å². The van der Waals surface area contributed by atoms with Crippen molar-refractivity contribution in [1.29, 1.82) is 0 Å². The van der Waals surface area contributed by atoms with Crippen LogP contribution in [0.2, 0.25) is 0 Å². The molecule has 0 aliphatic rings. The van der Waals surface area contributed by atoms with Crippen molar-refractivity contribution >= 4 is 37.5 Å². The van der Waals surface area contributed by atoms with E-state index in [-0.39, 0.29) is 0 Å². The van der Waals surface area contributed by atoms with Crippen molar-refractivity contribution in [2.45, 2.75) is 5.33 Å². The molecule has 56 valence electrons. The molecule has 0 aromatic carbocycles. The fourth-order valence-corrected chi connectivity index (χ4v) is 1.83. The van der Waals surface area contributed by atoms with Gasteiger partial charge in [0.25, 0.3) is 0 Å². The second-order valence-electron chi connectivity index (χ2n) is 2.09. The Balaban J connectivity index is 2.67. The fourth-order valence-electron chi connectivity index (χ4n) is 0.869. The summed E-state index contributed by atoms with van der Waals surface area (Å²) in [6.07, 6.45) is 1.86. The number of aromatic nitrogens is 2. The Hall–Kier alpha value is -0.480. The van der Waals surface area contributed by atoms with Gasteiger partial charge in [-0.15, -0.1) is 11.3 Å². The molecule has 0 spiro atoms. The summed E-state index contributed by atoms with van der Waals surface area (Å²) in [5.74, 6) is 0.843. The molecule has 0 amide bonds. The maximum atomic E-state index is 4.31. The second-order valence-corrected chi connectivity index (χ2v) is 3.60. The topological polar surface area (TPSA) is 25.8 Å². The first-order chi connectivity index (χ1) is 5.40. The third-order valence-corrected chi connectivity index (χ3v) is 2.72. The van der Waals surface area contributed by atoms with Crippen molar-refractivity contribution in [3.8, 4) is 0 Å². The number of thiophene rings is 1. The van der Waals surface area contributed by atoms with Gasteiger partial charge < -0.3 is 0 Å². The molecular formula is C7H5BrN2S. The summed E-state index contributed by atoms with van der Waals surface area (Å²) in [5, 5.41) is 2.75. The third kappa shape index (κ3) is 1.28.